The molecule has 2 nitrogen and oxygen atoms in total. The van der Waals surface area contributed by atoms with Crippen LogP contribution >= 0.6 is 11.3 Å². The van der Waals surface area contributed by atoms with Crippen molar-refractivity contribution in [1.29, 1.82) is 0 Å². The average molecular weight is 248 g/mol. The molecule has 0 N–H and O–H groups in total. The maximum absolute atomic E-state index is 4.89. The van der Waals surface area contributed by atoms with Gasteiger partial charge in [-0.05, 0) is 6.07 Å². The van der Waals surface area contributed by atoms with E-state index in [1.54, 1.807) is 11.3 Å². The zero-order chi connectivity index (χ0) is 12.8. The highest BCUT2D eigenvalue weighted by Crippen LogP contribution is 2.33. The molecule has 0 unspecified atom stereocenters. The maximum Gasteiger partial charge on any atom is 0.0849 e. The SMILES string of the molecule is CC(C)(C)c1cc2ncsc2c(C(C)(C)C)n1. The predicted molar refractivity (Wildman–Crippen MR) is 74.8 cm³/mol. The molecular formula is C14H20N2S. The van der Waals surface area contributed by atoms with Crippen LogP contribution in [0.1, 0.15) is 52.9 Å². The van der Waals surface area contributed by atoms with Gasteiger partial charge in [0, 0.05) is 16.5 Å². The predicted octanol–water partition coefficient (Wildman–Crippen LogP) is 4.29. The Morgan fingerprint density at radius 3 is 2.18 bits per heavy atom. The smallest absolute Gasteiger partial charge is 0.0849 e. The molecule has 0 saturated heterocycles. The second-order valence-electron chi connectivity index (χ2n) is 6.56. The Morgan fingerprint density at radius 2 is 1.65 bits per heavy atom. The molecule has 0 amide bonds. The van der Waals surface area contributed by atoms with Crippen LogP contribution in [0.3, 0.4) is 0 Å². The largest absolute Gasteiger partial charge is 0.255 e. The molecule has 0 bridgehead atoms. The Morgan fingerprint density at radius 1 is 1.00 bits per heavy atom. The van der Waals surface area contributed by atoms with Crippen LogP contribution in [0, 0.1) is 0 Å². The first kappa shape index (κ1) is 12.5. The quantitative estimate of drug-likeness (QED) is 0.695. The molecule has 0 fully saturated rings. The Labute approximate surface area is 107 Å². The number of pyridine rings is 1. The van der Waals surface area contributed by atoms with Crippen LogP contribution in [-0.2, 0) is 10.8 Å². The van der Waals surface area contributed by atoms with E-state index in [0.29, 0.717) is 0 Å². The van der Waals surface area contributed by atoms with Gasteiger partial charge in [0.1, 0.15) is 0 Å². The van der Waals surface area contributed by atoms with E-state index in [1.165, 1.54) is 10.4 Å². The molecule has 0 saturated carbocycles. The van der Waals surface area contributed by atoms with E-state index in [-0.39, 0.29) is 10.8 Å². The van der Waals surface area contributed by atoms with Crippen molar-refractivity contribution >= 4 is 21.6 Å². The molecule has 2 aromatic rings. The van der Waals surface area contributed by atoms with Gasteiger partial charge in [0.15, 0.2) is 0 Å². The summed E-state index contributed by atoms with van der Waals surface area (Å²) in [6, 6.07) is 2.13. The summed E-state index contributed by atoms with van der Waals surface area (Å²) in [6.07, 6.45) is 0. The van der Waals surface area contributed by atoms with Crippen molar-refractivity contribution in [2.75, 3.05) is 0 Å². The lowest BCUT2D eigenvalue weighted by molar-refractivity contribution is 0.537. The van der Waals surface area contributed by atoms with Crippen LogP contribution in [-0.4, -0.2) is 9.97 Å². The molecule has 0 aliphatic rings. The van der Waals surface area contributed by atoms with Gasteiger partial charge in [-0.3, -0.25) is 4.98 Å². The number of nitrogens with zero attached hydrogens (tertiary/aromatic N) is 2. The molecule has 2 heterocycles. The Hall–Kier alpha value is -0.960. The van der Waals surface area contributed by atoms with Gasteiger partial charge < -0.3 is 0 Å². The minimum atomic E-state index is 0.0616. The molecule has 2 rings (SSSR count). The van der Waals surface area contributed by atoms with Crippen molar-refractivity contribution < 1.29 is 0 Å². The van der Waals surface area contributed by atoms with Crippen molar-refractivity contribution in [3.63, 3.8) is 0 Å². The summed E-state index contributed by atoms with van der Waals surface area (Å²) < 4.78 is 1.23. The topological polar surface area (TPSA) is 25.8 Å². The maximum atomic E-state index is 4.89. The van der Waals surface area contributed by atoms with Gasteiger partial charge in [0.2, 0.25) is 0 Å². The Kier molecular flexibility index (Phi) is 2.77. The summed E-state index contributed by atoms with van der Waals surface area (Å²) in [4.78, 5) is 9.33. The standard InChI is InChI=1S/C14H20N2S/c1-13(2,3)10-7-9-11(17-8-15-9)12(16-10)14(4,5)6/h7-8H,1-6H3. The van der Waals surface area contributed by atoms with Crippen LogP contribution in [0.5, 0.6) is 0 Å². The van der Waals surface area contributed by atoms with Gasteiger partial charge in [-0.1, -0.05) is 41.5 Å². The van der Waals surface area contributed by atoms with Crippen LogP contribution in [0.2, 0.25) is 0 Å². The van der Waals surface area contributed by atoms with Gasteiger partial charge in [0.05, 0.1) is 21.4 Å². The van der Waals surface area contributed by atoms with Crippen LogP contribution in [0.25, 0.3) is 10.2 Å². The van der Waals surface area contributed by atoms with Crippen molar-refractivity contribution in [2.45, 2.75) is 52.4 Å². The minimum Gasteiger partial charge on any atom is -0.255 e. The summed E-state index contributed by atoms with van der Waals surface area (Å²) in [5, 5.41) is 0. The highest BCUT2D eigenvalue weighted by atomic mass is 32.1. The highest BCUT2D eigenvalue weighted by Gasteiger charge is 2.24. The Balaban J connectivity index is 2.76. The number of fused-ring (bicyclic) bond motifs is 1. The highest BCUT2D eigenvalue weighted by molar-refractivity contribution is 7.16. The van der Waals surface area contributed by atoms with Gasteiger partial charge in [0.25, 0.3) is 0 Å². The summed E-state index contributed by atoms with van der Waals surface area (Å²) >= 11 is 1.69. The van der Waals surface area contributed by atoms with Gasteiger partial charge in [-0.2, -0.15) is 0 Å². The second kappa shape index (κ2) is 3.77. The molecule has 2 aromatic heterocycles. The summed E-state index contributed by atoms with van der Waals surface area (Å²) in [5.41, 5.74) is 5.42. The second-order valence-corrected chi connectivity index (χ2v) is 7.41. The van der Waals surface area contributed by atoms with E-state index in [1.807, 2.05) is 5.51 Å². The average Bonchev–Trinajstić information content (AvgIpc) is 2.59. The molecule has 0 radical (unpaired) electrons. The molecule has 0 spiro atoms. The lowest BCUT2D eigenvalue weighted by Gasteiger charge is -2.23. The molecular weight excluding hydrogens is 228 g/mol. The molecule has 17 heavy (non-hydrogen) atoms. The monoisotopic (exact) mass is 248 g/mol. The van der Waals surface area contributed by atoms with E-state index >= 15 is 0 Å². The summed E-state index contributed by atoms with van der Waals surface area (Å²) in [6.45, 7) is 13.2. The fraction of sp³-hybridized carbons (Fsp3) is 0.571. The van der Waals surface area contributed by atoms with E-state index < -0.39 is 0 Å². The number of aromatic nitrogens is 2. The van der Waals surface area contributed by atoms with Crippen LogP contribution < -0.4 is 0 Å². The number of hydrogen-bond donors (Lipinski definition) is 0. The fourth-order valence-electron chi connectivity index (χ4n) is 1.76. The Bertz CT molecular complexity index is 541. The molecule has 0 aliphatic heterocycles. The van der Waals surface area contributed by atoms with E-state index in [9.17, 15) is 0 Å². The van der Waals surface area contributed by atoms with Gasteiger partial charge >= 0.3 is 0 Å². The van der Waals surface area contributed by atoms with E-state index in [0.717, 1.165) is 11.2 Å². The first-order valence-electron chi connectivity index (χ1n) is 5.95. The number of hydrogen-bond acceptors (Lipinski definition) is 3. The third-order valence-corrected chi connectivity index (χ3v) is 3.64. The van der Waals surface area contributed by atoms with Gasteiger partial charge in [-0.15, -0.1) is 11.3 Å². The zero-order valence-electron chi connectivity index (χ0n) is 11.5. The molecule has 3 heteroatoms. The molecule has 0 aliphatic carbocycles. The summed E-state index contributed by atoms with van der Waals surface area (Å²) in [5.74, 6) is 0. The lowest BCUT2D eigenvalue weighted by atomic mass is 9.87. The number of thiazole rings is 1. The first-order chi connectivity index (χ1) is 7.69. The van der Waals surface area contributed by atoms with Gasteiger partial charge in [-0.25, -0.2) is 4.98 Å². The van der Waals surface area contributed by atoms with Crippen LogP contribution in [0.15, 0.2) is 11.6 Å². The van der Waals surface area contributed by atoms with E-state index in [4.69, 9.17) is 4.98 Å². The van der Waals surface area contributed by atoms with E-state index in [2.05, 4.69) is 52.6 Å². The fourth-order valence-corrected chi connectivity index (χ4v) is 2.73. The normalized spacial score (nSPS) is 13.3. The molecule has 92 valence electrons. The van der Waals surface area contributed by atoms with Crippen molar-refractivity contribution in [2.24, 2.45) is 0 Å². The first-order valence-corrected chi connectivity index (χ1v) is 6.83. The third kappa shape index (κ3) is 2.34. The van der Waals surface area contributed by atoms with Crippen LogP contribution in [0.4, 0.5) is 0 Å². The zero-order valence-corrected chi connectivity index (χ0v) is 12.3. The molecule has 0 aromatic carbocycles. The van der Waals surface area contributed by atoms with Crippen molar-refractivity contribution in [3.8, 4) is 0 Å². The van der Waals surface area contributed by atoms with Crippen molar-refractivity contribution in [1.82, 2.24) is 9.97 Å². The third-order valence-electron chi connectivity index (χ3n) is 2.79. The lowest BCUT2D eigenvalue weighted by Crippen LogP contribution is -2.19. The summed E-state index contributed by atoms with van der Waals surface area (Å²) in [7, 11) is 0. The minimum absolute atomic E-state index is 0.0616. The molecule has 0 atom stereocenters. The van der Waals surface area contributed by atoms with Crippen molar-refractivity contribution in [3.05, 3.63) is 23.0 Å². The number of rotatable bonds is 0.